The third kappa shape index (κ3) is 3.84. The van der Waals surface area contributed by atoms with Gasteiger partial charge in [-0.3, -0.25) is 4.79 Å². The molecule has 0 aliphatic rings. The minimum atomic E-state index is -0.0499. The van der Waals surface area contributed by atoms with Crippen molar-refractivity contribution in [2.24, 2.45) is 0 Å². The minimum Gasteiger partial charge on any atom is -0.497 e. The van der Waals surface area contributed by atoms with Crippen molar-refractivity contribution in [2.45, 2.75) is 0 Å². The molecule has 0 saturated carbocycles. The zero-order valence-electron chi connectivity index (χ0n) is 11.0. The van der Waals surface area contributed by atoms with Crippen LogP contribution in [0.1, 0.15) is 10.4 Å². The van der Waals surface area contributed by atoms with E-state index in [0.29, 0.717) is 5.56 Å². The third-order valence-electron chi connectivity index (χ3n) is 2.72. The SMILES string of the molecule is COc1ccc(C(=O)/C=C/Nc2ccccc2I)cc1. The molecular formula is C16H14INO2. The van der Waals surface area contributed by atoms with Gasteiger partial charge in [0.1, 0.15) is 5.75 Å². The van der Waals surface area contributed by atoms with E-state index in [1.165, 1.54) is 6.08 Å². The normalized spacial score (nSPS) is 10.5. The quantitative estimate of drug-likeness (QED) is 0.483. The molecule has 2 aromatic carbocycles. The Kier molecular flexibility index (Phi) is 5.17. The second kappa shape index (κ2) is 7.09. The second-order valence-corrected chi connectivity index (χ2v) is 5.21. The molecule has 0 fully saturated rings. The number of methoxy groups -OCH3 is 1. The summed E-state index contributed by atoms with van der Waals surface area (Å²) in [5.74, 6) is 0.689. The molecule has 0 unspecified atom stereocenters. The number of nitrogens with one attached hydrogen (secondary N) is 1. The molecular weight excluding hydrogens is 365 g/mol. The van der Waals surface area contributed by atoms with E-state index in [0.717, 1.165) is 15.0 Å². The Bertz CT molecular complexity index is 621. The molecule has 0 radical (unpaired) electrons. The number of carbonyl (C=O) groups is 1. The van der Waals surface area contributed by atoms with Crippen molar-refractivity contribution in [3.05, 3.63) is 69.9 Å². The number of hydrogen-bond donors (Lipinski definition) is 1. The fourth-order valence-corrected chi connectivity index (χ4v) is 2.18. The number of anilines is 1. The van der Waals surface area contributed by atoms with Gasteiger partial charge < -0.3 is 10.1 Å². The summed E-state index contributed by atoms with van der Waals surface area (Å²) >= 11 is 2.24. The summed E-state index contributed by atoms with van der Waals surface area (Å²) in [6.07, 6.45) is 3.18. The van der Waals surface area contributed by atoms with Crippen LogP contribution >= 0.6 is 22.6 Å². The molecule has 0 bridgehead atoms. The van der Waals surface area contributed by atoms with Gasteiger partial charge >= 0.3 is 0 Å². The number of ketones is 1. The lowest BCUT2D eigenvalue weighted by atomic mass is 10.1. The van der Waals surface area contributed by atoms with Crippen LogP contribution in [-0.4, -0.2) is 12.9 Å². The molecule has 0 aromatic heterocycles. The van der Waals surface area contributed by atoms with Gasteiger partial charge in [0.05, 0.1) is 12.8 Å². The van der Waals surface area contributed by atoms with Gasteiger partial charge in [-0.2, -0.15) is 0 Å². The Morgan fingerprint density at radius 1 is 1.15 bits per heavy atom. The molecule has 0 spiro atoms. The average Bonchev–Trinajstić information content (AvgIpc) is 2.49. The van der Waals surface area contributed by atoms with Crippen LogP contribution in [0.3, 0.4) is 0 Å². The smallest absolute Gasteiger partial charge is 0.187 e. The van der Waals surface area contributed by atoms with E-state index in [1.807, 2.05) is 24.3 Å². The van der Waals surface area contributed by atoms with Gasteiger partial charge in [-0.15, -0.1) is 0 Å². The van der Waals surface area contributed by atoms with Crippen molar-refractivity contribution in [3.8, 4) is 5.75 Å². The topological polar surface area (TPSA) is 38.3 Å². The fourth-order valence-electron chi connectivity index (χ4n) is 1.64. The summed E-state index contributed by atoms with van der Waals surface area (Å²) in [4.78, 5) is 11.9. The molecule has 0 heterocycles. The zero-order valence-corrected chi connectivity index (χ0v) is 13.1. The molecule has 0 atom stereocenters. The maximum absolute atomic E-state index is 11.9. The highest BCUT2D eigenvalue weighted by molar-refractivity contribution is 14.1. The summed E-state index contributed by atoms with van der Waals surface area (Å²) in [7, 11) is 1.60. The van der Waals surface area contributed by atoms with E-state index < -0.39 is 0 Å². The van der Waals surface area contributed by atoms with Gasteiger partial charge in [0, 0.05) is 21.4 Å². The molecule has 4 heteroatoms. The molecule has 0 saturated heterocycles. The molecule has 0 aliphatic heterocycles. The maximum atomic E-state index is 11.9. The Morgan fingerprint density at radius 3 is 2.50 bits per heavy atom. The Balaban J connectivity index is 2.00. The van der Waals surface area contributed by atoms with Crippen LogP contribution in [0.5, 0.6) is 5.75 Å². The monoisotopic (exact) mass is 379 g/mol. The van der Waals surface area contributed by atoms with Crippen LogP contribution in [0.4, 0.5) is 5.69 Å². The standard InChI is InChI=1S/C16H14INO2/c1-20-13-8-6-12(7-9-13)16(19)10-11-18-15-5-3-2-4-14(15)17/h2-11,18H,1H3/b11-10+. The number of benzene rings is 2. The molecule has 20 heavy (non-hydrogen) atoms. The van der Waals surface area contributed by atoms with E-state index in [1.54, 1.807) is 37.6 Å². The van der Waals surface area contributed by atoms with Crippen molar-refractivity contribution in [1.29, 1.82) is 0 Å². The molecule has 1 N–H and O–H groups in total. The molecule has 2 rings (SSSR count). The van der Waals surface area contributed by atoms with E-state index in [4.69, 9.17) is 4.74 Å². The van der Waals surface area contributed by atoms with Crippen molar-refractivity contribution in [3.63, 3.8) is 0 Å². The van der Waals surface area contributed by atoms with Crippen molar-refractivity contribution in [2.75, 3.05) is 12.4 Å². The molecule has 0 aliphatic carbocycles. The minimum absolute atomic E-state index is 0.0499. The summed E-state index contributed by atoms with van der Waals surface area (Å²) in [5, 5.41) is 3.10. The first-order valence-electron chi connectivity index (χ1n) is 6.06. The predicted molar refractivity (Wildman–Crippen MR) is 89.2 cm³/mol. The lowest BCUT2D eigenvalue weighted by Crippen LogP contribution is -1.97. The van der Waals surface area contributed by atoms with E-state index in [2.05, 4.69) is 27.9 Å². The van der Waals surface area contributed by atoms with Gasteiger partial charge in [0.2, 0.25) is 0 Å². The summed E-state index contributed by atoms with van der Waals surface area (Å²) in [6, 6.07) is 14.9. The summed E-state index contributed by atoms with van der Waals surface area (Å²) in [5.41, 5.74) is 1.61. The van der Waals surface area contributed by atoms with E-state index in [9.17, 15) is 4.79 Å². The van der Waals surface area contributed by atoms with Gasteiger partial charge in [0.15, 0.2) is 5.78 Å². The molecule has 3 nitrogen and oxygen atoms in total. The zero-order chi connectivity index (χ0) is 14.4. The fraction of sp³-hybridized carbons (Fsp3) is 0.0625. The van der Waals surface area contributed by atoms with Crippen LogP contribution in [0.15, 0.2) is 60.8 Å². The van der Waals surface area contributed by atoms with Crippen LogP contribution in [0.25, 0.3) is 0 Å². The molecule has 2 aromatic rings. The highest BCUT2D eigenvalue weighted by Gasteiger charge is 2.01. The lowest BCUT2D eigenvalue weighted by molar-refractivity contribution is 0.104. The third-order valence-corrected chi connectivity index (χ3v) is 3.66. The first-order valence-corrected chi connectivity index (χ1v) is 7.14. The lowest BCUT2D eigenvalue weighted by Gasteiger charge is -2.03. The van der Waals surface area contributed by atoms with Crippen LogP contribution in [0.2, 0.25) is 0 Å². The highest BCUT2D eigenvalue weighted by Crippen LogP contribution is 2.17. The maximum Gasteiger partial charge on any atom is 0.187 e. The van der Waals surface area contributed by atoms with Crippen molar-refractivity contribution >= 4 is 34.1 Å². The van der Waals surface area contributed by atoms with Gasteiger partial charge in [-0.25, -0.2) is 0 Å². The van der Waals surface area contributed by atoms with Crippen LogP contribution in [-0.2, 0) is 0 Å². The summed E-state index contributed by atoms with van der Waals surface area (Å²) in [6.45, 7) is 0. The number of hydrogen-bond acceptors (Lipinski definition) is 3. The second-order valence-electron chi connectivity index (χ2n) is 4.05. The van der Waals surface area contributed by atoms with Crippen molar-refractivity contribution in [1.82, 2.24) is 0 Å². The van der Waals surface area contributed by atoms with Crippen LogP contribution < -0.4 is 10.1 Å². The number of ether oxygens (including phenoxy) is 1. The Labute approximate surface area is 131 Å². The van der Waals surface area contributed by atoms with Crippen LogP contribution in [0, 0.1) is 3.57 Å². The number of halogens is 1. The van der Waals surface area contributed by atoms with E-state index in [-0.39, 0.29) is 5.78 Å². The van der Waals surface area contributed by atoms with Gasteiger partial charge in [-0.05, 0) is 59.0 Å². The number of para-hydroxylation sites is 1. The molecule has 102 valence electrons. The van der Waals surface area contributed by atoms with E-state index >= 15 is 0 Å². The number of allylic oxidation sites excluding steroid dienone is 1. The van der Waals surface area contributed by atoms with Gasteiger partial charge in [-0.1, -0.05) is 12.1 Å². The number of rotatable bonds is 5. The Morgan fingerprint density at radius 2 is 1.85 bits per heavy atom. The van der Waals surface area contributed by atoms with Gasteiger partial charge in [0.25, 0.3) is 0 Å². The average molecular weight is 379 g/mol. The number of carbonyl (C=O) groups excluding carboxylic acids is 1. The first kappa shape index (κ1) is 14.6. The van der Waals surface area contributed by atoms with Crippen molar-refractivity contribution < 1.29 is 9.53 Å². The Hall–Kier alpha value is -1.82. The predicted octanol–water partition coefficient (Wildman–Crippen LogP) is 4.11. The largest absolute Gasteiger partial charge is 0.497 e. The highest BCUT2D eigenvalue weighted by atomic mass is 127. The molecule has 0 amide bonds. The summed E-state index contributed by atoms with van der Waals surface area (Å²) < 4.78 is 6.16. The first-order chi connectivity index (χ1) is 9.70.